The zero-order chi connectivity index (χ0) is 17.9. The Bertz CT molecular complexity index is 741. The molecule has 0 amide bonds. The molecule has 0 spiro atoms. The van der Waals surface area contributed by atoms with Crippen LogP contribution in [0.15, 0.2) is 36.5 Å². The second-order valence-corrected chi connectivity index (χ2v) is 7.36. The first-order chi connectivity index (χ1) is 12.7. The lowest BCUT2D eigenvalue weighted by atomic mass is 9.94. The van der Waals surface area contributed by atoms with Crippen LogP contribution in [0.4, 0.5) is 11.5 Å². The summed E-state index contributed by atoms with van der Waals surface area (Å²) in [6, 6.07) is 10.1. The second-order valence-electron chi connectivity index (χ2n) is 7.36. The zero-order valence-corrected chi connectivity index (χ0v) is 15.6. The Morgan fingerprint density at radius 2 is 1.88 bits per heavy atom. The summed E-state index contributed by atoms with van der Waals surface area (Å²) in [6.45, 7) is 6.34. The Balaban J connectivity index is 1.36. The summed E-state index contributed by atoms with van der Waals surface area (Å²) in [5.74, 6) is 1.51. The minimum atomic E-state index is 0.426. The van der Waals surface area contributed by atoms with Crippen LogP contribution in [-0.4, -0.2) is 61.3 Å². The molecular formula is C21H28N4O. The number of rotatable bonds is 4. The molecule has 1 fully saturated rings. The molecule has 2 aliphatic rings. The first-order valence-corrected chi connectivity index (χ1v) is 9.65. The number of nitrogens with zero attached hydrogens (tertiary/aromatic N) is 4. The summed E-state index contributed by atoms with van der Waals surface area (Å²) in [6.07, 6.45) is 5.17. The molecule has 1 aromatic heterocycles. The van der Waals surface area contributed by atoms with E-state index in [0.29, 0.717) is 5.75 Å². The normalized spacial score (nSPS) is 18.0. The van der Waals surface area contributed by atoms with E-state index in [-0.39, 0.29) is 0 Å². The second kappa shape index (κ2) is 7.54. The van der Waals surface area contributed by atoms with E-state index in [4.69, 9.17) is 0 Å². The standard InChI is InChI=1S/C21H28N4O/c1-23-11-4-5-18-17(7-8-19(26)21(18)23)9-12-24-13-15-25(16-14-24)20-6-2-3-10-22-20/h2-3,6-8,10,26H,4-5,9,11-16H2,1H3. The van der Waals surface area contributed by atoms with Crippen molar-refractivity contribution >= 4 is 11.5 Å². The number of fused-ring (bicyclic) bond motifs is 1. The van der Waals surface area contributed by atoms with E-state index in [9.17, 15) is 5.11 Å². The first-order valence-electron chi connectivity index (χ1n) is 9.65. The third kappa shape index (κ3) is 3.49. The highest BCUT2D eigenvalue weighted by Crippen LogP contribution is 2.37. The van der Waals surface area contributed by atoms with Crippen molar-refractivity contribution in [2.24, 2.45) is 0 Å². The van der Waals surface area contributed by atoms with Crippen LogP contribution < -0.4 is 9.80 Å². The molecule has 26 heavy (non-hydrogen) atoms. The molecule has 1 aromatic carbocycles. The topological polar surface area (TPSA) is 42.8 Å². The van der Waals surface area contributed by atoms with E-state index in [0.717, 1.165) is 63.6 Å². The molecule has 5 heteroatoms. The van der Waals surface area contributed by atoms with Gasteiger partial charge in [-0.3, -0.25) is 4.90 Å². The van der Waals surface area contributed by atoms with E-state index in [1.807, 2.05) is 18.3 Å². The summed E-state index contributed by atoms with van der Waals surface area (Å²) < 4.78 is 0. The molecule has 0 radical (unpaired) electrons. The van der Waals surface area contributed by atoms with Crippen LogP contribution >= 0.6 is 0 Å². The molecule has 0 unspecified atom stereocenters. The lowest BCUT2D eigenvalue weighted by Crippen LogP contribution is -2.47. The Labute approximate surface area is 155 Å². The van der Waals surface area contributed by atoms with Crippen molar-refractivity contribution in [3.63, 3.8) is 0 Å². The molecule has 0 saturated carbocycles. The highest BCUT2D eigenvalue weighted by Gasteiger charge is 2.22. The monoisotopic (exact) mass is 352 g/mol. The van der Waals surface area contributed by atoms with Gasteiger partial charge in [0.25, 0.3) is 0 Å². The Hall–Kier alpha value is -2.27. The zero-order valence-electron chi connectivity index (χ0n) is 15.6. The smallest absolute Gasteiger partial charge is 0.139 e. The Kier molecular flexibility index (Phi) is 4.98. The largest absolute Gasteiger partial charge is 0.506 e. The number of hydrogen-bond donors (Lipinski definition) is 1. The number of aromatic nitrogens is 1. The number of hydrogen-bond acceptors (Lipinski definition) is 5. The van der Waals surface area contributed by atoms with Crippen LogP contribution in [0.2, 0.25) is 0 Å². The quantitative estimate of drug-likeness (QED) is 0.916. The van der Waals surface area contributed by atoms with Gasteiger partial charge < -0.3 is 14.9 Å². The van der Waals surface area contributed by atoms with E-state index in [2.05, 4.69) is 44.9 Å². The number of pyridine rings is 1. The number of piperazine rings is 1. The summed E-state index contributed by atoms with van der Waals surface area (Å²) in [5, 5.41) is 10.2. The third-order valence-corrected chi connectivity index (χ3v) is 5.70. The van der Waals surface area contributed by atoms with Crippen molar-refractivity contribution < 1.29 is 5.11 Å². The SMILES string of the molecule is CN1CCCc2c(CCN3CCN(c4ccccn4)CC3)ccc(O)c21. The molecule has 4 rings (SSSR count). The highest BCUT2D eigenvalue weighted by atomic mass is 16.3. The highest BCUT2D eigenvalue weighted by molar-refractivity contribution is 5.66. The molecule has 0 aliphatic carbocycles. The lowest BCUT2D eigenvalue weighted by molar-refractivity contribution is 0.260. The molecule has 3 heterocycles. The van der Waals surface area contributed by atoms with Crippen LogP contribution in [0.25, 0.3) is 0 Å². The Morgan fingerprint density at radius 1 is 1.04 bits per heavy atom. The predicted octanol–water partition coefficient (Wildman–Crippen LogP) is 2.53. The van der Waals surface area contributed by atoms with Gasteiger partial charge in [0.05, 0.1) is 5.69 Å². The van der Waals surface area contributed by atoms with Gasteiger partial charge in [-0.15, -0.1) is 0 Å². The van der Waals surface area contributed by atoms with Crippen molar-refractivity contribution in [1.29, 1.82) is 0 Å². The molecule has 5 nitrogen and oxygen atoms in total. The third-order valence-electron chi connectivity index (χ3n) is 5.70. The van der Waals surface area contributed by atoms with Crippen LogP contribution in [0, 0.1) is 0 Å². The van der Waals surface area contributed by atoms with Crippen molar-refractivity contribution in [2.75, 3.05) is 56.1 Å². The van der Waals surface area contributed by atoms with Gasteiger partial charge in [0.2, 0.25) is 0 Å². The van der Waals surface area contributed by atoms with E-state index < -0.39 is 0 Å². The van der Waals surface area contributed by atoms with E-state index in [1.165, 1.54) is 17.5 Å². The maximum Gasteiger partial charge on any atom is 0.139 e. The fourth-order valence-corrected chi connectivity index (χ4v) is 4.23. The number of benzene rings is 1. The van der Waals surface area contributed by atoms with Crippen molar-refractivity contribution in [3.05, 3.63) is 47.7 Å². The fourth-order valence-electron chi connectivity index (χ4n) is 4.23. The van der Waals surface area contributed by atoms with Gasteiger partial charge in [-0.25, -0.2) is 4.98 Å². The molecule has 2 aromatic rings. The van der Waals surface area contributed by atoms with Crippen LogP contribution in [0.3, 0.4) is 0 Å². The van der Waals surface area contributed by atoms with Gasteiger partial charge in [-0.2, -0.15) is 0 Å². The van der Waals surface area contributed by atoms with Crippen LogP contribution in [0.1, 0.15) is 17.5 Å². The number of phenols is 1. The van der Waals surface area contributed by atoms with Crippen molar-refractivity contribution in [1.82, 2.24) is 9.88 Å². The lowest BCUT2D eigenvalue weighted by Gasteiger charge is -2.36. The number of aromatic hydroxyl groups is 1. The summed E-state index contributed by atoms with van der Waals surface area (Å²) >= 11 is 0. The first kappa shape index (κ1) is 17.2. The average molecular weight is 352 g/mol. The predicted molar refractivity (Wildman–Crippen MR) is 106 cm³/mol. The van der Waals surface area contributed by atoms with Crippen LogP contribution in [-0.2, 0) is 12.8 Å². The maximum atomic E-state index is 10.2. The molecule has 138 valence electrons. The van der Waals surface area contributed by atoms with Gasteiger partial charge in [-0.05, 0) is 48.6 Å². The minimum absolute atomic E-state index is 0.426. The van der Waals surface area contributed by atoms with E-state index >= 15 is 0 Å². The summed E-state index contributed by atoms with van der Waals surface area (Å²) in [4.78, 5) is 11.6. The maximum absolute atomic E-state index is 10.2. The van der Waals surface area contributed by atoms with Crippen molar-refractivity contribution in [3.8, 4) is 5.75 Å². The average Bonchev–Trinajstić information content (AvgIpc) is 2.69. The van der Waals surface area contributed by atoms with Gasteiger partial charge in [0, 0.05) is 52.5 Å². The summed E-state index contributed by atoms with van der Waals surface area (Å²) in [5.41, 5.74) is 3.80. The molecule has 1 saturated heterocycles. The van der Waals surface area contributed by atoms with E-state index in [1.54, 1.807) is 0 Å². The fraction of sp³-hybridized carbons (Fsp3) is 0.476. The Morgan fingerprint density at radius 3 is 2.65 bits per heavy atom. The number of phenolic OH excluding ortho intramolecular Hbond substituents is 1. The van der Waals surface area contributed by atoms with Crippen LogP contribution in [0.5, 0.6) is 5.75 Å². The van der Waals surface area contributed by atoms with Gasteiger partial charge in [-0.1, -0.05) is 12.1 Å². The minimum Gasteiger partial charge on any atom is -0.506 e. The molecule has 0 atom stereocenters. The molecule has 1 N–H and O–H groups in total. The molecule has 0 bridgehead atoms. The molecule has 2 aliphatic heterocycles. The van der Waals surface area contributed by atoms with Gasteiger partial charge in [0.15, 0.2) is 0 Å². The number of anilines is 2. The van der Waals surface area contributed by atoms with Gasteiger partial charge >= 0.3 is 0 Å². The van der Waals surface area contributed by atoms with Crippen molar-refractivity contribution in [2.45, 2.75) is 19.3 Å². The van der Waals surface area contributed by atoms with Gasteiger partial charge in [0.1, 0.15) is 11.6 Å². The summed E-state index contributed by atoms with van der Waals surface area (Å²) in [7, 11) is 2.08. The molecular weight excluding hydrogens is 324 g/mol.